The van der Waals surface area contributed by atoms with E-state index in [1.54, 1.807) is 26.1 Å². The Morgan fingerprint density at radius 2 is 1.88 bits per heavy atom. The number of anilines is 1. The summed E-state index contributed by atoms with van der Waals surface area (Å²) in [6, 6.07) is 9.74. The molecule has 0 amide bonds. The predicted molar refractivity (Wildman–Crippen MR) is 136 cm³/mol. The smallest absolute Gasteiger partial charge is 0.160 e. The first kappa shape index (κ1) is 24.0. The number of ether oxygens (including phenoxy) is 1. The van der Waals surface area contributed by atoms with Crippen LogP contribution in [-0.2, 0) is 16.9 Å². The number of halogens is 1. The van der Waals surface area contributed by atoms with Gasteiger partial charge in [0.05, 0.1) is 28.1 Å². The molecule has 0 atom stereocenters. The van der Waals surface area contributed by atoms with Gasteiger partial charge in [-0.1, -0.05) is 6.07 Å². The van der Waals surface area contributed by atoms with Gasteiger partial charge in [-0.2, -0.15) is 0 Å². The molecule has 7 nitrogen and oxygen atoms in total. The van der Waals surface area contributed by atoms with Gasteiger partial charge in [-0.15, -0.1) is 0 Å². The lowest BCUT2D eigenvalue weighted by Crippen LogP contribution is -2.27. The van der Waals surface area contributed by atoms with E-state index in [0.29, 0.717) is 30.4 Å². The highest BCUT2D eigenvalue weighted by molar-refractivity contribution is 9.11. The summed E-state index contributed by atoms with van der Waals surface area (Å²) in [5.74, 6) is 1.16. The molecule has 0 saturated heterocycles. The Morgan fingerprint density at radius 1 is 1.09 bits per heavy atom. The van der Waals surface area contributed by atoms with Gasteiger partial charge in [0.25, 0.3) is 0 Å². The Balaban J connectivity index is 1.58. The molecule has 4 rings (SSSR count). The third kappa shape index (κ3) is 5.34. The third-order valence-electron chi connectivity index (χ3n) is 5.48. The van der Waals surface area contributed by atoms with Crippen molar-refractivity contribution in [3.63, 3.8) is 0 Å². The van der Waals surface area contributed by atoms with Crippen LogP contribution >= 0.6 is 15.9 Å². The minimum absolute atomic E-state index is 0.360. The Hall–Kier alpha value is -3.10. The van der Waals surface area contributed by atoms with Crippen LogP contribution in [0.25, 0.3) is 11.4 Å². The maximum Gasteiger partial charge on any atom is 0.160 e. The molecule has 0 aromatic carbocycles. The fourth-order valence-electron chi connectivity index (χ4n) is 3.65. The molecule has 1 N–H and O–H groups in total. The van der Waals surface area contributed by atoms with Crippen molar-refractivity contribution in [3.05, 3.63) is 87.5 Å². The van der Waals surface area contributed by atoms with Crippen molar-refractivity contribution >= 4 is 21.6 Å². The van der Waals surface area contributed by atoms with Crippen molar-refractivity contribution in [2.24, 2.45) is 0 Å². The molecule has 4 heterocycles. The van der Waals surface area contributed by atoms with E-state index in [4.69, 9.17) is 4.74 Å². The molecule has 0 bridgehead atoms. The average molecular weight is 522 g/mol. The normalized spacial score (nSPS) is 14.3. The van der Waals surface area contributed by atoms with Crippen molar-refractivity contribution in [3.8, 4) is 11.4 Å². The Kier molecular flexibility index (Phi) is 6.81. The Bertz CT molecular complexity index is 1280. The maximum absolute atomic E-state index is 10.3. The zero-order chi connectivity index (χ0) is 24.5. The highest BCUT2D eigenvalue weighted by Crippen LogP contribution is 2.34. The van der Waals surface area contributed by atoms with E-state index in [2.05, 4.69) is 47.7 Å². The Labute approximate surface area is 208 Å². The van der Waals surface area contributed by atoms with Crippen LogP contribution in [-0.4, -0.2) is 31.6 Å². The van der Waals surface area contributed by atoms with Gasteiger partial charge in [0.2, 0.25) is 0 Å². The fraction of sp³-hybridized carbons (Fsp3) is 0.308. The summed E-state index contributed by atoms with van der Waals surface area (Å²) in [5.41, 5.74) is 5.24. The average Bonchev–Trinajstić information content (AvgIpc) is 2.79. The number of aryl methyl sites for hydroxylation is 2. The lowest BCUT2D eigenvalue weighted by atomic mass is 10.1. The molecule has 0 fully saturated rings. The second kappa shape index (κ2) is 9.64. The van der Waals surface area contributed by atoms with Crippen LogP contribution in [0.2, 0.25) is 0 Å². The monoisotopic (exact) mass is 521 g/mol. The van der Waals surface area contributed by atoms with Gasteiger partial charge in [0, 0.05) is 35.5 Å². The molecule has 0 saturated carbocycles. The van der Waals surface area contributed by atoms with E-state index < -0.39 is 5.60 Å². The summed E-state index contributed by atoms with van der Waals surface area (Å²) >= 11 is 3.71. The van der Waals surface area contributed by atoms with Gasteiger partial charge in [0.15, 0.2) is 5.82 Å². The lowest BCUT2D eigenvalue weighted by Gasteiger charge is -2.31. The minimum atomic E-state index is -1.13. The zero-order valence-electron chi connectivity index (χ0n) is 20.0. The van der Waals surface area contributed by atoms with Crippen molar-refractivity contribution in [2.75, 3.05) is 11.4 Å². The number of pyridine rings is 2. The topological polar surface area (TPSA) is 84.3 Å². The molecule has 8 heteroatoms. The van der Waals surface area contributed by atoms with Crippen LogP contribution in [0.3, 0.4) is 0 Å². The largest absolute Gasteiger partial charge is 0.486 e. The van der Waals surface area contributed by atoms with Gasteiger partial charge >= 0.3 is 0 Å². The molecule has 3 aromatic heterocycles. The fourth-order valence-corrected chi connectivity index (χ4v) is 4.13. The lowest BCUT2D eigenvalue weighted by molar-refractivity contribution is 0.0688. The van der Waals surface area contributed by atoms with Crippen LogP contribution in [0.5, 0.6) is 0 Å². The van der Waals surface area contributed by atoms with Crippen LogP contribution in [0, 0.1) is 13.8 Å². The number of hydrogen-bond donors (Lipinski definition) is 1. The maximum atomic E-state index is 10.3. The van der Waals surface area contributed by atoms with Crippen LogP contribution in [0.4, 0.5) is 5.69 Å². The molecule has 0 unspecified atom stereocenters. The van der Waals surface area contributed by atoms with Gasteiger partial charge in [-0.3, -0.25) is 9.97 Å². The van der Waals surface area contributed by atoms with Crippen molar-refractivity contribution in [1.29, 1.82) is 0 Å². The Morgan fingerprint density at radius 3 is 2.62 bits per heavy atom. The highest BCUT2D eigenvalue weighted by Gasteiger charge is 2.23. The second-order valence-corrected chi connectivity index (χ2v) is 9.84. The number of aromatic nitrogens is 4. The van der Waals surface area contributed by atoms with Crippen molar-refractivity contribution < 1.29 is 9.84 Å². The predicted octanol–water partition coefficient (Wildman–Crippen LogP) is 5.32. The molecule has 0 aliphatic carbocycles. The first-order valence-electron chi connectivity index (χ1n) is 11.0. The number of hydrogen-bond acceptors (Lipinski definition) is 7. The summed E-state index contributed by atoms with van der Waals surface area (Å²) in [6.45, 7) is 10.4. The molecule has 0 spiro atoms. The van der Waals surface area contributed by atoms with E-state index in [1.165, 1.54) is 0 Å². The van der Waals surface area contributed by atoms with Gasteiger partial charge in [0.1, 0.15) is 18.0 Å². The molecule has 3 aromatic rings. The van der Waals surface area contributed by atoms with E-state index in [0.717, 1.165) is 38.6 Å². The van der Waals surface area contributed by atoms with Crippen LogP contribution in [0.1, 0.15) is 43.5 Å². The number of allylic oxidation sites excluding steroid dienone is 2. The molecule has 0 radical (unpaired) electrons. The van der Waals surface area contributed by atoms with Gasteiger partial charge in [-0.25, -0.2) is 9.97 Å². The standard InChI is InChI=1S/C26H28BrN5O2/c1-16-13-29-22(21-9-10-28-25(31-21)26(4,5)33)12-23(16)32-14-20(27)24(11-18(32)3)34-15-19-8-6-7-17(2)30-19/h6-13,33H,14-15H2,1-5H3. The third-order valence-corrected chi connectivity index (χ3v) is 6.12. The minimum Gasteiger partial charge on any atom is -0.486 e. The first-order valence-corrected chi connectivity index (χ1v) is 11.8. The molecule has 34 heavy (non-hydrogen) atoms. The van der Waals surface area contributed by atoms with Crippen molar-refractivity contribution in [1.82, 2.24) is 19.9 Å². The molecule has 1 aliphatic heterocycles. The van der Waals surface area contributed by atoms with E-state index in [1.807, 2.05) is 50.4 Å². The van der Waals surface area contributed by atoms with Crippen molar-refractivity contribution in [2.45, 2.75) is 46.8 Å². The van der Waals surface area contributed by atoms with E-state index >= 15 is 0 Å². The number of rotatable bonds is 6. The summed E-state index contributed by atoms with van der Waals surface area (Å²) < 4.78 is 7.03. The highest BCUT2D eigenvalue weighted by atomic mass is 79.9. The summed E-state index contributed by atoms with van der Waals surface area (Å²) in [4.78, 5) is 20.0. The van der Waals surface area contributed by atoms with Gasteiger partial charge < -0.3 is 14.7 Å². The number of aliphatic hydroxyl groups is 1. The zero-order valence-corrected chi connectivity index (χ0v) is 21.6. The van der Waals surface area contributed by atoms with Crippen LogP contribution < -0.4 is 4.90 Å². The summed E-state index contributed by atoms with van der Waals surface area (Å²) in [5, 5.41) is 10.3. The molecular weight excluding hydrogens is 494 g/mol. The van der Waals surface area contributed by atoms with Crippen LogP contribution in [0.15, 0.2) is 64.7 Å². The van der Waals surface area contributed by atoms with Gasteiger partial charge in [-0.05, 0) is 80.4 Å². The molecule has 176 valence electrons. The molecule has 1 aliphatic rings. The van der Waals surface area contributed by atoms with E-state index in [9.17, 15) is 5.11 Å². The summed E-state index contributed by atoms with van der Waals surface area (Å²) in [7, 11) is 0. The molecular formula is C26H28BrN5O2. The second-order valence-electron chi connectivity index (χ2n) is 8.88. The number of nitrogens with zero attached hydrogens (tertiary/aromatic N) is 5. The van der Waals surface area contributed by atoms with E-state index in [-0.39, 0.29) is 0 Å². The SMILES string of the molecule is CC1=CC(OCc2cccc(C)n2)=C(Br)CN1c1cc(-c2ccnc(C(C)(C)O)n2)ncc1C. The first-order chi connectivity index (χ1) is 16.1. The summed E-state index contributed by atoms with van der Waals surface area (Å²) in [6.07, 6.45) is 5.52. The quantitative estimate of drug-likeness (QED) is 0.469.